The number of likely N-dealkylation sites (N-methyl/N-ethyl adjacent to an activating group) is 1. The number of carboxylic acid groups (broad SMARTS) is 2. The highest BCUT2D eigenvalue weighted by molar-refractivity contribution is 6.37. The number of aliphatic imine (C=N–C) groups is 7. The molecule has 9 heterocycles. The first-order valence-corrected chi connectivity index (χ1v) is 43.1. The molecule has 9 aliphatic heterocycles. The average Bonchev–Trinajstić information content (AvgIpc) is 0.733. The second kappa shape index (κ2) is 41.1. The Kier molecular flexibility index (Phi) is 30.3. The number of carbonyl (C=O) groups is 2. The van der Waals surface area contributed by atoms with Crippen LogP contribution >= 0.6 is 58.0 Å². The summed E-state index contributed by atoms with van der Waals surface area (Å²) in [6.45, 7) is -0.160. The van der Waals surface area contributed by atoms with Gasteiger partial charge in [-0.05, 0) is 114 Å². The van der Waals surface area contributed by atoms with Gasteiger partial charge in [0.1, 0.15) is 120 Å². The molecular weight excluding hydrogens is 1880 g/mol. The van der Waals surface area contributed by atoms with Crippen molar-refractivity contribution in [3.05, 3.63) is 161 Å². The van der Waals surface area contributed by atoms with Crippen molar-refractivity contribution in [2.45, 2.75) is 198 Å². The van der Waals surface area contributed by atoms with Crippen molar-refractivity contribution in [3.63, 3.8) is 0 Å². The Morgan fingerprint density at radius 1 is 0.455 bits per heavy atom. The van der Waals surface area contributed by atoms with E-state index in [9.17, 15) is 132 Å². The third-order valence-corrected chi connectivity index (χ3v) is 24.5. The third kappa shape index (κ3) is 20.2. The summed E-state index contributed by atoms with van der Waals surface area (Å²) in [6.07, 6.45) is -32.2. The quantitative estimate of drug-likeness (QED) is 0.0205. The molecule has 0 spiro atoms. The molecule has 134 heavy (non-hydrogen) atoms. The molecule has 9 aliphatic rings. The summed E-state index contributed by atoms with van der Waals surface area (Å²) in [5, 5.41) is 285. The van der Waals surface area contributed by atoms with Crippen LogP contribution in [-0.4, -0.2) is 300 Å². The van der Waals surface area contributed by atoms with Gasteiger partial charge < -0.3 is 171 Å². The molecule has 25 N–H and O–H groups in total. The van der Waals surface area contributed by atoms with Crippen LogP contribution in [0, 0.1) is 0 Å². The Morgan fingerprint density at radius 2 is 1.01 bits per heavy atom. The molecule has 16 unspecified atom stereocenters. The number of nitrogens with zero attached hydrogens (tertiary/aromatic N) is 7. The first-order valence-electron chi connectivity index (χ1n) is 41.2. The highest BCUT2D eigenvalue weighted by atomic mass is 35.5. The number of benzene rings is 7. The number of aliphatic carboxylic acids is 2. The van der Waals surface area contributed by atoms with Gasteiger partial charge in [0.25, 0.3) is 0 Å². The van der Waals surface area contributed by atoms with Gasteiger partial charge >= 0.3 is 11.9 Å². The second-order valence-corrected chi connectivity index (χ2v) is 34.0. The van der Waals surface area contributed by atoms with Crippen LogP contribution in [0.3, 0.4) is 0 Å². The molecule has 16 rings (SSSR count). The maximum absolute atomic E-state index is 14.4. The molecule has 17 bridgehead atoms. The smallest absolute Gasteiger partial charge is 0.335 e. The van der Waals surface area contributed by atoms with E-state index in [1.54, 1.807) is 0 Å². The zero-order valence-corrected chi connectivity index (χ0v) is 73.5. The zero-order valence-electron chi connectivity index (χ0n) is 69.7. The number of hydrogen-bond donors (Lipinski definition) is 25. The fourth-order valence-electron chi connectivity index (χ4n) is 16.0. The standard InChI is InChI=1S/C86H89Cl5N8O35/c1-3-4-5-6-7-8-9-51(106)93-60-65(110)68(113)75(83(124)125)134-84(60)131-71-32-17-40(89)73(41(90)18-32)128-48-21-31-20-47(74(48)133-86-70(115)67(112)64(109)50(27-101)130-86)127-45-13-11-29(15-38(45)87)62(107)59-80(120)96-57(37-24-34(25-44(105)53(37)91)126-46-19-28(10-12-42(46)103)54(92-2)76(116)98-59)79(119)95-56(31)77(117)94-55-30-14-36(72(39(88)16-30)132-85-69(114)66(111)63(108)49(26-100)129-85)52-35(22-33(102)23-43(52)104)58(82(122)123)97-81(121)61(71)99-78(55)118/h10-25,49-50,54-71,75,84-86,92,100-105,107-115H,3-9,26-27H2,1-2H3,(H,93,106)(H,94,117)(H,95,119)(H,96,120)(H,97,121)(H,98,116)(H,99,118)(H,122,123)(H,124,125)/t49?,50?,54?,55-,56-,57+,58+,59-,60?,61+,62-,63?,64?,65?,66?,67?,68?,69?,70?,71-,75?,84?,85?,86?/m1/s1. The molecule has 48 heteroatoms. The molecule has 24 atom stereocenters. The Balaban J connectivity index is 1.12. The number of rotatable bonds is 19. The summed E-state index contributed by atoms with van der Waals surface area (Å²) in [5.74, 6) is -22.7. The van der Waals surface area contributed by atoms with Gasteiger partial charge in [-0.3, -0.25) is 0 Å². The minimum Gasteiger partial charge on any atom is -0.508 e. The van der Waals surface area contributed by atoms with E-state index in [0.29, 0.717) is 25.0 Å². The van der Waals surface area contributed by atoms with Gasteiger partial charge in [-0.15, -0.1) is 0 Å². The SMILES string of the molecule is CCCCCCCCC(O)=NC1C(O[C@@H]2c3cc(Cl)c(c(Cl)c3)Oc3cc4cc(c3OC3OC(CO)C(O)C(O)C3O)Oc3ccc(cc3Cl)[C@@H](O)[C@H]3N=C(O)C(NC)c5ccc(O)c(c5)Oc5cc(O)c(Cl)c(c5)[C@H](N=C3O)C(O)=N[C@H]4C(O)=N[C@H]3C(O)=N[C@@H]2C(O)=N[C@H](C(=O)O)c2cc(O)cc(O)c2-c2cc3cc(Cl)c2OC2OC(CO)C(O)C(O)C2O)OC(C(=O)O)C(O)C1O. The number of unbranched alkanes of at least 4 members (excludes halogenated alkanes) is 5. The van der Waals surface area contributed by atoms with E-state index in [2.05, 4.69) is 40.3 Å². The summed E-state index contributed by atoms with van der Waals surface area (Å²) >= 11 is 36.4. The number of carboxylic acids is 2. The highest BCUT2D eigenvalue weighted by Gasteiger charge is 2.53. The first kappa shape index (κ1) is 98.8. The fourth-order valence-corrected chi connectivity index (χ4v) is 17.3. The molecule has 0 saturated carbocycles. The van der Waals surface area contributed by atoms with E-state index in [4.69, 9.17) is 101 Å². The van der Waals surface area contributed by atoms with Crippen molar-refractivity contribution in [2.24, 2.45) is 34.9 Å². The van der Waals surface area contributed by atoms with Crippen molar-refractivity contribution in [1.82, 2.24) is 5.32 Å². The van der Waals surface area contributed by atoms with Crippen LogP contribution in [0.25, 0.3) is 11.1 Å². The molecule has 0 radical (unpaired) electrons. The number of nitrogens with one attached hydrogen (secondary N) is 1. The topological polar surface area (TPSA) is 701 Å². The van der Waals surface area contributed by atoms with Crippen LogP contribution in [-0.2, 0) is 28.5 Å². The number of phenols is 4. The molecule has 7 aromatic rings. The van der Waals surface area contributed by atoms with Crippen LogP contribution in [0.15, 0.2) is 132 Å². The van der Waals surface area contributed by atoms with Crippen LogP contribution < -0.4 is 29.0 Å². The van der Waals surface area contributed by atoms with Crippen LogP contribution in [0.4, 0.5) is 0 Å². The number of halogens is 5. The molecule has 7 aromatic carbocycles. The average molecular weight is 1970 g/mol. The van der Waals surface area contributed by atoms with Crippen molar-refractivity contribution >= 4 is 111 Å². The lowest BCUT2D eigenvalue weighted by molar-refractivity contribution is -0.277. The van der Waals surface area contributed by atoms with E-state index < -0.39 is 346 Å². The van der Waals surface area contributed by atoms with Crippen molar-refractivity contribution in [3.8, 4) is 80.1 Å². The lowest BCUT2D eigenvalue weighted by Gasteiger charge is -2.41. The van der Waals surface area contributed by atoms with E-state index >= 15 is 0 Å². The molecular formula is C86H89Cl5N8O35. The lowest BCUT2D eigenvalue weighted by atomic mass is 9.90. The minimum absolute atomic E-state index is 0.0957. The van der Waals surface area contributed by atoms with Gasteiger partial charge in [-0.25, -0.2) is 44.5 Å². The number of aliphatic hydroxyl groups excluding tert-OH is 18. The lowest BCUT2D eigenvalue weighted by Crippen LogP contribution is -2.60. The monoisotopic (exact) mass is 1970 g/mol. The van der Waals surface area contributed by atoms with E-state index in [0.717, 1.165) is 92.1 Å². The first-order chi connectivity index (χ1) is 63.7. The van der Waals surface area contributed by atoms with Gasteiger partial charge in [0.15, 0.2) is 83.3 Å². The Hall–Kier alpha value is -11.2. The van der Waals surface area contributed by atoms with Crippen molar-refractivity contribution < 1.29 is 175 Å². The number of hydrogen-bond acceptors (Lipinski definition) is 34. The van der Waals surface area contributed by atoms with Gasteiger partial charge in [0, 0.05) is 40.8 Å². The largest absolute Gasteiger partial charge is 0.508 e. The molecule has 0 amide bonds. The summed E-state index contributed by atoms with van der Waals surface area (Å²) < 4.78 is 56.4. The maximum Gasteiger partial charge on any atom is 0.335 e. The van der Waals surface area contributed by atoms with E-state index in [1.165, 1.54) is 19.2 Å². The third-order valence-electron chi connectivity index (χ3n) is 22.9. The summed E-state index contributed by atoms with van der Waals surface area (Å²) in [4.78, 5) is 58.5. The normalized spacial score (nSPS) is 29.4. The number of aromatic hydroxyl groups is 4. The van der Waals surface area contributed by atoms with Gasteiger partial charge in [-0.2, -0.15) is 0 Å². The van der Waals surface area contributed by atoms with Crippen molar-refractivity contribution in [2.75, 3.05) is 20.3 Å². The van der Waals surface area contributed by atoms with E-state index in [-0.39, 0.29) is 24.0 Å². The summed E-state index contributed by atoms with van der Waals surface area (Å²) in [7, 11) is 1.36. The molecule has 3 saturated heterocycles. The Bertz CT molecular complexity index is 5830. The molecule has 0 aliphatic carbocycles. The number of ether oxygens (including phenoxy) is 9. The summed E-state index contributed by atoms with van der Waals surface area (Å²) in [6, 6.07) is -3.99. The predicted octanol–water partition coefficient (Wildman–Crippen LogP) is 8.32. The van der Waals surface area contributed by atoms with Crippen molar-refractivity contribution in [1.29, 1.82) is 0 Å². The Labute approximate surface area is 782 Å². The number of fused-ring (bicyclic) bond motifs is 12. The van der Waals surface area contributed by atoms with Crippen LogP contribution in [0.1, 0.15) is 133 Å². The zero-order chi connectivity index (χ0) is 96.8. The highest BCUT2D eigenvalue weighted by Crippen LogP contribution is 2.54. The molecule has 3 fully saturated rings. The maximum atomic E-state index is 14.4. The Morgan fingerprint density at radius 3 is 1.63 bits per heavy atom. The van der Waals surface area contributed by atoms with Gasteiger partial charge in [-0.1, -0.05) is 109 Å². The van der Waals surface area contributed by atoms with Gasteiger partial charge in [0.2, 0.25) is 53.7 Å². The van der Waals surface area contributed by atoms with E-state index in [1.807, 2.05) is 6.92 Å². The van der Waals surface area contributed by atoms with Crippen LogP contribution in [0.2, 0.25) is 25.1 Å². The second-order valence-electron chi connectivity index (χ2n) is 32.0. The number of phenolic OH excluding ortho intramolecular Hbond substituents is 4. The molecule has 43 nitrogen and oxygen atoms in total. The summed E-state index contributed by atoms with van der Waals surface area (Å²) in [5.41, 5.74) is -5.36. The fraction of sp³-hybridized carbons (Fsp3) is 0.407. The van der Waals surface area contributed by atoms with Gasteiger partial charge in [0.05, 0.1) is 38.3 Å². The minimum atomic E-state index is -2.79. The number of aliphatic hydroxyl groups is 18. The molecule has 718 valence electrons. The van der Waals surface area contributed by atoms with Crippen LogP contribution in [0.5, 0.6) is 69.0 Å². The molecule has 0 aromatic heterocycles. The predicted molar refractivity (Wildman–Crippen MR) is 472 cm³/mol.